The van der Waals surface area contributed by atoms with Gasteiger partial charge in [-0.25, -0.2) is 18.8 Å². The van der Waals surface area contributed by atoms with Gasteiger partial charge in [-0.1, -0.05) is 54.2 Å². The molecule has 0 saturated heterocycles. The first-order valence-electron chi connectivity index (χ1n) is 16.2. The van der Waals surface area contributed by atoms with E-state index in [1.807, 2.05) is 0 Å². The van der Waals surface area contributed by atoms with Crippen molar-refractivity contribution in [3.05, 3.63) is 75.8 Å². The third kappa shape index (κ3) is 12.3. The molecule has 4 rings (SSSR count). The number of fused-ring (bicyclic) bond motifs is 2. The van der Waals surface area contributed by atoms with Gasteiger partial charge in [0.2, 0.25) is 5.91 Å². The molecule has 2 bridgehead atoms. The van der Waals surface area contributed by atoms with Gasteiger partial charge in [0, 0.05) is 25.7 Å². The standard InChI is InChI=1S/C32H36Cl2F4N6O4.C2H4O2/c1-31(2,3)48-30(47)43(32(36,37)38)16-14-24-29(46)39-15-6-4-5-12-23(19-9-7-10-20(17-19)41-24)42-28(45)21-18-40-44(27(21)34)25-13-8-11-22(33)26(25)35;1-2(3)4/h7-11,13,17-18,23-24,41H,4-6,12,14-16H2,1-3H3,(H,39,46)(H,42,45);1H3,(H,3,4)/t23-,24-;/m0./s1. The quantitative estimate of drug-likeness (QED) is 0.148. The van der Waals surface area contributed by atoms with Crippen molar-refractivity contribution in [3.63, 3.8) is 0 Å². The molecular weight excluding hydrogens is 735 g/mol. The van der Waals surface area contributed by atoms with E-state index in [2.05, 4.69) is 21.0 Å². The zero-order valence-electron chi connectivity index (χ0n) is 28.8. The number of anilines is 1. The highest BCUT2D eigenvalue weighted by Crippen LogP contribution is 2.29. The molecule has 0 radical (unpaired) electrons. The van der Waals surface area contributed by atoms with Crippen LogP contribution >= 0.6 is 23.2 Å². The number of carbonyl (C=O) groups is 4. The molecule has 1 aliphatic rings. The highest BCUT2D eigenvalue weighted by Gasteiger charge is 2.43. The zero-order valence-corrected chi connectivity index (χ0v) is 30.3. The summed E-state index contributed by atoms with van der Waals surface area (Å²) in [4.78, 5) is 47.6. The normalized spacial score (nSPS) is 16.7. The molecule has 4 N–H and O–H groups in total. The van der Waals surface area contributed by atoms with Gasteiger partial charge in [-0.3, -0.25) is 14.4 Å². The molecule has 0 fully saturated rings. The van der Waals surface area contributed by atoms with Crippen LogP contribution in [-0.2, 0) is 14.3 Å². The number of alkyl halides is 3. The van der Waals surface area contributed by atoms with Gasteiger partial charge < -0.3 is 25.8 Å². The molecule has 1 aromatic heterocycles. The monoisotopic (exact) mass is 774 g/mol. The van der Waals surface area contributed by atoms with E-state index in [4.69, 9.17) is 37.8 Å². The van der Waals surface area contributed by atoms with Crippen molar-refractivity contribution in [3.8, 4) is 5.69 Å². The number of aliphatic carboxylic acids is 1. The van der Waals surface area contributed by atoms with Crippen LogP contribution in [-0.4, -0.2) is 74.7 Å². The molecule has 12 nitrogen and oxygen atoms in total. The lowest BCUT2D eigenvalue weighted by Crippen LogP contribution is -2.48. The summed E-state index contributed by atoms with van der Waals surface area (Å²) in [6.45, 7) is 4.88. The molecule has 18 heteroatoms. The van der Waals surface area contributed by atoms with Crippen LogP contribution in [0.5, 0.6) is 0 Å². The van der Waals surface area contributed by atoms with E-state index in [0.29, 0.717) is 36.9 Å². The van der Waals surface area contributed by atoms with E-state index in [-0.39, 0.29) is 39.3 Å². The number of carboxylic acids is 1. The number of hydrogen-bond donors (Lipinski definition) is 4. The van der Waals surface area contributed by atoms with Crippen molar-refractivity contribution in [1.29, 1.82) is 0 Å². The summed E-state index contributed by atoms with van der Waals surface area (Å²) >= 11 is 12.4. The lowest BCUT2D eigenvalue weighted by molar-refractivity contribution is -0.233. The molecule has 1 aliphatic heterocycles. The number of rotatable bonds is 6. The molecule has 3 aromatic rings. The molecule has 0 unspecified atom stereocenters. The maximum absolute atomic E-state index is 14.6. The second-order valence-electron chi connectivity index (χ2n) is 12.7. The molecule has 0 spiro atoms. The van der Waals surface area contributed by atoms with E-state index < -0.39 is 60.2 Å². The number of benzene rings is 2. The smallest absolute Gasteiger partial charge is 0.481 e. The van der Waals surface area contributed by atoms with Gasteiger partial charge in [0.05, 0.1) is 22.8 Å². The Morgan fingerprint density at radius 3 is 2.42 bits per heavy atom. The fraction of sp³-hybridized carbons (Fsp3) is 0.441. The Bertz CT molecular complexity index is 1730. The van der Waals surface area contributed by atoms with Gasteiger partial charge in [0.25, 0.3) is 11.9 Å². The topological polar surface area (TPSA) is 155 Å². The fourth-order valence-electron chi connectivity index (χ4n) is 5.06. The molecule has 2 atom stereocenters. The number of ether oxygens (including phenoxy) is 1. The molecular formula is C34H40Cl2F4N6O6. The molecule has 2 aromatic carbocycles. The maximum atomic E-state index is 14.6. The SMILES string of the molecule is CC(=O)O.CC(C)(C)OC(=O)N(CC[C@@H]1Nc2cccc(c2)[C@@H](NC(=O)c2cnn(-c3cccc(Cl)c3F)c2Cl)CCCCCNC1=O)C(F)(F)F. The van der Waals surface area contributed by atoms with Crippen LogP contribution in [0.4, 0.5) is 28.0 Å². The third-order valence-electron chi connectivity index (χ3n) is 7.40. The first kappa shape index (κ1) is 41.8. The van der Waals surface area contributed by atoms with E-state index in [1.54, 1.807) is 24.3 Å². The number of carboxylic acid groups (broad SMARTS) is 1. The predicted octanol–water partition coefficient (Wildman–Crippen LogP) is 7.50. The highest BCUT2D eigenvalue weighted by molar-refractivity contribution is 6.33. The second-order valence-corrected chi connectivity index (χ2v) is 13.5. The largest absolute Gasteiger partial charge is 0.489 e. The summed E-state index contributed by atoms with van der Waals surface area (Å²) in [6, 6.07) is 9.41. The van der Waals surface area contributed by atoms with Crippen molar-refractivity contribution in [2.75, 3.05) is 18.4 Å². The van der Waals surface area contributed by atoms with Crippen molar-refractivity contribution >= 4 is 52.8 Å². The minimum absolute atomic E-state index is 0.00213. The molecule has 3 amide bonds. The van der Waals surface area contributed by atoms with Crippen LogP contribution in [0, 0.1) is 5.82 Å². The summed E-state index contributed by atoms with van der Waals surface area (Å²) in [6.07, 6.45) is -3.33. The van der Waals surface area contributed by atoms with Gasteiger partial charge in [-0.15, -0.1) is 13.2 Å². The van der Waals surface area contributed by atoms with Gasteiger partial charge in [-0.05, 0) is 69.9 Å². The van der Waals surface area contributed by atoms with Gasteiger partial charge in [0.15, 0.2) is 5.82 Å². The summed E-state index contributed by atoms with van der Waals surface area (Å²) in [5.74, 6) is -2.68. The van der Waals surface area contributed by atoms with Crippen molar-refractivity contribution < 1.29 is 46.6 Å². The summed E-state index contributed by atoms with van der Waals surface area (Å²) in [7, 11) is 0. The Hall–Kier alpha value is -4.57. The predicted molar refractivity (Wildman–Crippen MR) is 186 cm³/mol. The van der Waals surface area contributed by atoms with Crippen molar-refractivity contribution in [2.24, 2.45) is 0 Å². The van der Waals surface area contributed by atoms with E-state index in [1.165, 1.54) is 45.2 Å². The van der Waals surface area contributed by atoms with Crippen LogP contribution in [0.25, 0.3) is 5.69 Å². The summed E-state index contributed by atoms with van der Waals surface area (Å²) < 4.78 is 62.1. The average Bonchev–Trinajstić information content (AvgIpc) is 3.41. The number of nitrogens with zero attached hydrogens (tertiary/aromatic N) is 3. The van der Waals surface area contributed by atoms with Crippen molar-refractivity contribution in [1.82, 2.24) is 25.3 Å². The molecule has 2 heterocycles. The minimum atomic E-state index is -5.03. The highest BCUT2D eigenvalue weighted by atomic mass is 35.5. The van der Waals surface area contributed by atoms with Crippen LogP contribution in [0.2, 0.25) is 10.2 Å². The fourth-order valence-corrected chi connectivity index (χ4v) is 5.50. The Labute approximate surface area is 307 Å². The maximum Gasteiger partial charge on any atom is 0.489 e. The van der Waals surface area contributed by atoms with Gasteiger partial charge in [-0.2, -0.15) is 5.10 Å². The van der Waals surface area contributed by atoms with Crippen LogP contribution < -0.4 is 16.0 Å². The lowest BCUT2D eigenvalue weighted by atomic mass is 9.99. The molecule has 52 heavy (non-hydrogen) atoms. The average molecular weight is 776 g/mol. The number of aromatic nitrogens is 2. The lowest BCUT2D eigenvalue weighted by Gasteiger charge is -2.30. The Balaban J connectivity index is 0.00000173. The number of hydrogen-bond acceptors (Lipinski definition) is 7. The minimum Gasteiger partial charge on any atom is -0.481 e. The number of carbonyl (C=O) groups excluding carboxylic acids is 3. The van der Waals surface area contributed by atoms with Gasteiger partial charge in [0.1, 0.15) is 22.5 Å². The second kappa shape index (κ2) is 18.3. The Morgan fingerprint density at radius 1 is 1.10 bits per heavy atom. The number of amides is 3. The molecule has 0 aliphatic carbocycles. The van der Waals surface area contributed by atoms with Gasteiger partial charge >= 0.3 is 12.4 Å². The van der Waals surface area contributed by atoms with Crippen molar-refractivity contribution in [2.45, 2.75) is 83.8 Å². The number of nitrogens with one attached hydrogen (secondary N) is 3. The van der Waals surface area contributed by atoms with Crippen LogP contribution in [0.3, 0.4) is 0 Å². The Kier molecular flexibility index (Phi) is 14.7. The molecule has 0 saturated carbocycles. The van der Waals surface area contributed by atoms with Crippen LogP contribution in [0.15, 0.2) is 48.7 Å². The summed E-state index contributed by atoms with van der Waals surface area (Å²) in [5.41, 5.74) is -0.128. The van der Waals surface area contributed by atoms with E-state index >= 15 is 0 Å². The molecule has 284 valence electrons. The third-order valence-corrected chi connectivity index (χ3v) is 8.05. The summed E-state index contributed by atoms with van der Waals surface area (Å²) in [5, 5.41) is 20.0. The first-order valence-corrected chi connectivity index (χ1v) is 16.9. The van der Waals surface area contributed by atoms with E-state index in [0.717, 1.165) is 11.6 Å². The number of halogens is 6. The van der Waals surface area contributed by atoms with Crippen LogP contribution in [0.1, 0.15) is 81.8 Å². The van der Waals surface area contributed by atoms with E-state index in [9.17, 15) is 31.9 Å². The Morgan fingerprint density at radius 2 is 1.77 bits per heavy atom. The zero-order chi connectivity index (χ0) is 38.8. The first-order chi connectivity index (χ1) is 24.3.